The lowest BCUT2D eigenvalue weighted by atomic mass is 9.96. The summed E-state index contributed by atoms with van der Waals surface area (Å²) in [5.41, 5.74) is 4.08. The smallest absolute Gasteiger partial charge is 0.354 e. The van der Waals surface area contributed by atoms with Gasteiger partial charge in [0.1, 0.15) is 11.4 Å². The number of carboxylic acid groups (broad SMARTS) is 1. The Morgan fingerprint density at radius 1 is 1.27 bits per heavy atom. The Balaban J connectivity index is 1.80. The van der Waals surface area contributed by atoms with Crippen molar-refractivity contribution in [3.63, 3.8) is 0 Å². The van der Waals surface area contributed by atoms with E-state index in [1.54, 1.807) is 13.2 Å². The maximum Gasteiger partial charge on any atom is 0.354 e. The number of fused-ring (bicyclic) bond motifs is 1. The van der Waals surface area contributed by atoms with Crippen molar-refractivity contribution in [3.8, 4) is 5.75 Å². The summed E-state index contributed by atoms with van der Waals surface area (Å²) in [6.45, 7) is 0. The number of nitrogens with zero attached hydrogens (tertiary/aromatic N) is 3. The van der Waals surface area contributed by atoms with Gasteiger partial charge in [0, 0.05) is 23.6 Å². The normalized spacial score (nSPS) is 14.8. The fourth-order valence-electron chi connectivity index (χ4n) is 3.81. The molecule has 3 heterocycles. The average Bonchev–Trinajstić information content (AvgIpc) is 3.29. The standard InChI is InChI=1S/C20H21N3O3/c1-26-15-9-10-18-16(11-14-7-4-8-17(21-14)20(24)25)19(22-23(18)12-15)13-5-2-3-6-13/h4,7-10,12-13H,2-3,5-6,11H2,1H3,(H,24,25). The molecule has 0 unspecified atom stereocenters. The van der Waals surface area contributed by atoms with Gasteiger partial charge in [-0.25, -0.2) is 14.3 Å². The maximum absolute atomic E-state index is 11.2. The van der Waals surface area contributed by atoms with Gasteiger partial charge in [0.05, 0.1) is 24.5 Å². The van der Waals surface area contributed by atoms with Crippen molar-refractivity contribution < 1.29 is 14.6 Å². The van der Waals surface area contributed by atoms with E-state index >= 15 is 0 Å². The van der Waals surface area contributed by atoms with Gasteiger partial charge in [-0.05, 0) is 37.1 Å². The number of pyridine rings is 2. The van der Waals surface area contributed by atoms with Crippen LogP contribution >= 0.6 is 0 Å². The molecule has 1 fully saturated rings. The lowest BCUT2D eigenvalue weighted by molar-refractivity contribution is 0.0690. The van der Waals surface area contributed by atoms with Crippen LogP contribution in [-0.2, 0) is 6.42 Å². The van der Waals surface area contributed by atoms with Crippen LogP contribution in [0.25, 0.3) is 5.52 Å². The second-order valence-corrected chi connectivity index (χ2v) is 6.74. The molecule has 134 valence electrons. The van der Waals surface area contributed by atoms with Gasteiger partial charge in [0.25, 0.3) is 0 Å². The third-order valence-electron chi connectivity index (χ3n) is 5.10. The van der Waals surface area contributed by atoms with E-state index < -0.39 is 5.97 Å². The van der Waals surface area contributed by atoms with E-state index in [1.807, 2.05) is 28.9 Å². The first-order valence-electron chi connectivity index (χ1n) is 8.90. The topological polar surface area (TPSA) is 76.7 Å². The van der Waals surface area contributed by atoms with Crippen LogP contribution in [0.15, 0.2) is 36.5 Å². The fraction of sp³-hybridized carbons (Fsp3) is 0.350. The van der Waals surface area contributed by atoms with Gasteiger partial charge in [-0.15, -0.1) is 0 Å². The summed E-state index contributed by atoms with van der Waals surface area (Å²) < 4.78 is 7.20. The Bertz CT molecular complexity index is 958. The molecule has 0 aromatic carbocycles. The highest BCUT2D eigenvalue weighted by Crippen LogP contribution is 2.37. The number of aromatic nitrogens is 3. The average molecular weight is 351 g/mol. The summed E-state index contributed by atoms with van der Waals surface area (Å²) in [6.07, 6.45) is 7.22. The molecule has 4 rings (SSSR count). The summed E-state index contributed by atoms with van der Waals surface area (Å²) in [5, 5.41) is 14.0. The van der Waals surface area contributed by atoms with E-state index in [2.05, 4.69) is 4.98 Å². The Morgan fingerprint density at radius 3 is 2.81 bits per heavy atom. The minimum Gasteiger partial charge on any atom is -0.495 e. The van der Waals surface area contributed by atoms with Gasteiger partial charge in [-0.1, -0.05) is 18.9 Å². The molecule has 1 aliphatic carbocycles. The predicted octanol–water partition coefficient (Wildman–Crippen LogP) is 3.68. The summed E-state index contributed by atoms with van der Waals surface area (Å²) in [4.78, 5) is 15.5. The molecule has 0 atom stereocenters. The van der Waals surface area contributed by atoms with Crippen molar-refractivity contribution >= 4 is 11.5 Å². The SMILES string of the molecule is COc1ccc2c(Cc3cccc(C(=O)O)n3)c(C3CCCC3)nn2c1. The van der Waals surface area contributed by atoms with E-state index in [4.69, 9.17) is 9.84 Å². The molecule has 1 aliphatic rings. The molecule has 0 aliphatic heterocycles. The van der Waals surface area contributed by atoms with Crippen LogP contribution in [0.1, 0.15) is 59.0 Å². The monoisotopic (exact) mass is 351 g/mol. The van der Waals surface area contributed by atoms with Gasteiger partial charge in [-0.2, -0.15) is 5.10 Å². The number of ether oxygens (including phenoxy) is 1. The summed E-state index contributed by atoms with van der Waals surface area (Å²) >= 11 is 0. The van der Waals surface area contributed by atoms with Gasteiger partial charge in [-0.3, -0.25) is 0 Å². The minimum absolute atomic E-state index is 0.0723. The van der Waals surface area contributed by atoms with Crippen molar-refractivity contribution in [2.45, 2.75) is 38.0 Å². The molecular formula is C20H21N3O3. The fourth-order valence-corrected chi connectivity index (χ4v) is 3.81. The largest absolute Gasteiger partial charge is 0.495 e. The van der Waals surface area contributed by atoms with E-state index in [0.717, 1.165) is 41.1 Å². The van der Waals surface area contributed by atoms with Crippen molar-refractivity contribution in [3.05, 3.63) is 59.2 Å². The van der Waals surface area contributed by atoms with Gasteiger partial charge < -0.3 is 9.84 Å². The first kappa shape index (κ1) is 16.6. The van der Waals surface area contributed by atoms with Crippen LogP contribution in [0, 0.1) is 0 Å². The third kappa shape index (κ3) is 3.03. The summed E-state index contributed by atoms with van der Waals surface area (Å²) in [6, 6.07) is 9.08. The molecule has 0 bridgehead atoms. The number of hydrogen-bond acceptors (Lipinski definition) is 4. The molecule has 0 saturated heterocycles. The summed E-state index contributed by atoms with van der Waals surface area (Å²) in [7, 11) is 1.64. The Kier molecular flexibility index (Phi) is 4.32. The Morgan fingerprint density at radius 2 is 2.08 bits per heavy atom. The second-order valence-electron chi connectivity index (χ2n) is 6.74. The molecule has 6 nitrogen and oxygen atoms in total. The van der Waals surface area contributed by atoms with Crippen LogP contribution in [0.5, 0.6) is 5.75 Å². The zero-order valence-corrected chi connectivity index (χ0v) is 14.7. The van der Waals surface area contributed by atoms with Crippen molar-refractivity contribution in [1.29, 1.82) is 0 Å². The third-order valence-corrected chi connectivity index (χ3v) is 5.10. The number of hydrogen-bond donors (Lipinski definition) is 1. The lowest BCUT2D eigenvalue weighted by Crippen LogP contribution is -2.04. The molecule has 0 amide bonds. The highest BCUT2D eigenvalue weighted by molar-refractivity contribution is 5.85. The van der Waals surface area contributed by atoms with Gasteiger partial charge in [0.15, 0.2) is 0 Å². The Hall–Kier alpha value is -2.89. The zero-order valence-electron chi connectivity index (χ0n) is 14.7. The first-order valence-corrected chi connectivity index (χ1v) is 8.90. The van der Waals surface area contributed by atoms with Gasteiger partial charge >= 0.3 is 5.97 Å². The molecular weight excluding hydrogens is 330 g/mol. The molecule has 6 heteroatoms. The maximum atomic E-state index is 11.2. The van der Waals surface area contributed by atoms with Crippen LogP contribution in [0.2, 0.25) is 0 Å². The molecule has 1 saturated carbocycles. The zero-order chi connectivity index (χ0) is 18.1. The first-order chi connectivity index (χ1) is 12.7. The minimum atomic E-state index is -1.01. The van der Waals surface area contributed by atoms with Crippen molar-refractivity contribution in [2.24, 2.45) is 0 Å². The quantitative estimate of drug-likeness (QED) is 0.759. The molecule has 0 radical (unpaired) electrons. The van der Waals surface area contributed by atoms with Gasteiger partial charge in [0.2, 0.25) is 0 Å². The van der Waals surface area contributed by atoms with Crippen LogP contribution in [0.4, 0.5) is 0 Å². The van der Waals surface area contributed by atoms with Crippen LogP contribution < -0.4 is 4.74 Å². The van der Waals surface area contributed by atoms with Crippen molar-refractivity contribution in [2.75, 3.05) is 7.11 Å². The predicted molar refractivity (Wildman–Crippen MR) is 97.0 cm³/mol. The molecule has 1 N–H and O–H groups in total. The van der Waals surface area contributed by atoms with E-state index in [0.29, 0.717) is 12.3 Å². The highest BCUT2D eigenvalue weighted by atomic mass is 16.5. The molecule has 26 heavy (non-hydrogen) atoms. The van der Waals surface area contributed by atoms with E-state index in [9.17, 15) is 9.90 Å². The Labute approximate surface area is 151 Å². The highest BCUT2D eigenvalue weighted by Gasteiger charge is 2.25. The number of carbonyl (C=O) groups is 1. The van der Waals surface area contributed by atoms with Crippen molar-refractivity contribution in [1.82, 2.24) is 14.6 Å². The number of carboxylic acids is 1. The number of methoxy groups -OCH3 is 1. The molecule has 3 aromatic rings. The second kappa shape index (κ2) is 6.78. The molecule has 0 spiro atoms. The number of rotatable bonds is 5. The summed E-state index contributed by atoms with van der Waals surface area (Å²) in [5.74, 6) is 0.210. The number of aromatic carboxylic acids is 1. The lowest BCUT2D eigenvalue weighted by Gasteiger charge is -2.09. The molecule has 3 aromatic heterocycles. The van der Waals surface area contributed by atoms with Crippen LogP contribution in [-0.4, -0.2) is 32.8 Å². The van der Waals surface area contributed by atoms with Crippen LogP contribution in [0.3, 0.4) is 0 Å². The van der Waals surface area contributed by atoms with E-state index in [-0.39, 0.29) is 5.69 Å². The van der Waals surface area contributed by atoms with E-state index in [1.165, 1.54) is 18.9 Å².